The zero-order valence-corrected chi connectivity index (χ0v) is 25.5. The quantitative estimate of drug-likeness (QED) is 0.250. The summed E-state index contributed by atoms with van der Waals surface area (Å²) in [5.41, 5.74) is 3.19. The van der Waals surface area contributed by atoms with Crippen molar-refractivity contribution in [1.82, 2.24) is 19.9 Å². The smallest absolute Gasteiger partial charge is 0.337 e. The second kappa shape index (κ2) is 11.9. The Kier molecular flexibility index (Phi) is 8.45. The number of hydrogen-bond acceptors (Lipinski definition) is 6. The maximum absolute atomic E-state index is 15.5. The van der Waals surface area contributed by atoms with Crippen LogP contribution < -0.4 is 10.1 Å². The van der Waals surface area contributed by atoms with Crippen molar-refractivity contribution in [2.24, 2.45) is 0 Å². The van der Waals surface area contributed by atoms with Crippen LogP contribution in [-0.4, -0.2) is 50.3 Å². The molecule has 2 aromatic heterocycles. The van der Waals surface area contributed by atoms with Gasteiger partial charge in [-0.05, 0) is 77.1 Å². The SMILES string of the molecule is Cc1nc2cc(C(=O)NCCc3ccccc3Cl)nn2c(-c2cc(F)c3c(c2C)CCCO3)c1[C@H](OC(C)(C)C)C(=O)O. The lowest BCUT2D eigenvalue weighted by atomic mass is 9.91. The van der Waals surface area contributed by atoms with Crippen LogP contribution in [-0.2, 0) is 22.4 Å². The fourth-order valence-electron chi connectivity index (χ4n) is 5.41. The highest BCUT2D eigenvalue weighted by Crippen LogP contribution is 2.41. The van der Waals surface area contributed by atoms with E-state index in [-0.39, 0.29) is 17.0 Å². The molecule has 0 saturated carbocycles. The number of rotatable bonds is 8. The number of amides is 1. The van der Waals surface area contributed by atoms with Gasteiger partial charge in [0.25, 0.3) is 5.91 Å². The number of aryl methyl sites for hydroxylation is 1. The Morgan fingerprint density at radius 2 is 1.98 bits per heavy atom. The van der Waals surface area contributed by atoms with E-state index in [2.05, 4.69) is 15.4 Å². The molecule has 0 aliphatic carbocycles. The predicted octanol–water partition coefficient (Wildman–Crippen LogP) is 6.04. The van der Waals surface area contributed by atoms with Gasteiger partial charge < -0.3 is 19.9 Å². The third-order valence-corrected chi connectivity index (χ3v) is 7.72. The van der Waals surface area contributed by atoms with Crippen LogP contribution in [0.1, 0.15) is 71.7 Å². The minimum atomic E-state index is -1.45. The Morgan fingerprint density at radius 1 is 1.23 bits per heavy atom. The zero-order chi connectivity index (χ0) is 31.1. The maximum Gasteiger partial charge on any atom is 0.337 e. The van der Waals surface area contributed by atoms with Gasteiger partial charge in [-0.1, -0.05) is 29.8 Å². The van der Waals surface area contributed by atoms with Crippen molar-refractivity contribution in [3.05, 3.63) is 80.9 Å². The minimum absolute atomic E-state index is 0.0764. The molecule has 226 valence electrons. The van der Waals surface area contributed by atoms with Gasteiger partial charge in [0.05, 0.1) is 17.9 Å². The Morgan fingerprint density at radius 3 is 2.67 bits per heavy atom. The molecule has 0 fully saturated rings. The van der Waals surface area contributed by atoms with E-state index in [1.165, 1.54) is 16.6 Å². The molecule has 2 aromatic carbocycles. The molecule has 2 N–H and O–H groups in total. The zero-order valence-electron chi connectivity index (χ0n) is 24.8. The molecule has 3 heterocycles. The molecule has 0 radical (unpaired) electrons. The molecule has 4 aromatic rings. The van der Waals surface area contributed by atoms with Crippen LogP contribution >= 0.6 is 11.6 Å². The van der Waals surface area contributed by atoms with E-state index < -0.39 is 29.4 Å². The van der Waals surface area contributed by atoms with Crippen molar-refractivity contribution in [3.63, 3.8) is 0 Å². The molecule has 0 spiro atoms. The van der Waals surface area contributed by atoms with Crippen LogP contribution in [0.5, 0.6) is 5.75 Å². The Bertz CT molecular complexity index is 1730. The number of carboxylic acids is 1. The Hall–Kier alpha value is -4.02. The van der Waals surface area contributed by atoms with Crippen LogP contribution in [0.3, 0.4) is 0 Å². The van der Waals surface area contributed by atoms with E-state index in [9.17, 15) is 14.7 Å². The first-order valence-electron chi connectivity index (χ1n) is 14.1. The topological polar surface area (TPSA) is 115 Å². The average Bonchev–Trinajstić information content (AvgIpc) is 3.37. The highest BCUT2D eigenvalue weighted by atomic mass is 35.5. The van der Waals surface area contributed by atoms with Crippen molar-refractivity contribution in [3.8, 4) is 17.0 Å². The third kappa shape index (κ3) is 6.21. The monoisotopic (exact) mass is 608 g/mol. The normalized spacial score (nSPS) is 13.8. The molecule has 43 heavy (non-hydrogen) atoms. The van der Waals surface area contributed by atoms with Crippen LogP contribution in [0.25, 0.3) is 16.9 Å². The molecule has 9 nitrogen and oxygen atoms in total. The first-order valence-corrected chi connectivity index (χ1v) is 14.5. The largest absolute Gasteiger partial charge is 0.490 e. The molecule has 0 saturated heterocycles. The number of nitrogens with zero attached hydrogens (tertiary/aromatic N) is 3. The number of carboxylic acid groups (broad SMARTS) is 1. The lowest BCUT2D eigenvalue weighted by molar-refractivity contribution is -0.160. The standard InChI is InChI=1S/C32H34ClFN4O5/c1-17-20-10-8-14-42-28(20)23(34)15-21(17)27-26(29(31(40)41)43-32(3,4)5)18(2)36-25-16-24(37-38(25)27)30(39)35-13-12-19-9-6-7-11-22(19)33/h6-7,9,11,15-16,29H,8,10,12-14H2,1-5H3,(H,35,39)(H,40,41)/t29-/m0/s1. The number of carbonyl (C=O) groups is 2. The number of nitrogens with one attached hydrogen (secondary N) is 1. The van der Waals surface area contributed by atoms with E-state index in [1.807, 2.05) is 25.1 Å². The van der Waals surface area contributed by atoms with Crippen LogP contribution in [0, 0.1) is 19.7 Å². The van der Waals surface area contributed by atoms with Crippen LogP contribution in [0.2, 0.25) is 5.02 Å². The number of aliphatic carboxylic acids is 1. The van der Waals surface area contributed by atoms with Gasteiger partial charge in [-0.2, -0.15) is 5.10 Å². The number of hydrogen-bond donors (Lipinski definition) is 2. The molecule has 0 unspecified atom stereocenters. The maximum atomic E-state index is 15.5. The van der Waals surface area contributed by atoms with Gasteiger partial charge in [0.1, 0.15) is 0 Å². The van der Waals surface area contributed by atoms with Crippen LogP contribution in [0.15, 0.2) is 36.4 Å². The lowest BCUT2D eigenvalue weighted by Gasteiger charge is -2.28. The van der Waals surface area contributed by atoms with Gasteiger partial charge in [0.2, 0.25) is 0 Å². The molecule has 1 amide bonds. The van der Waals surface area contributed by atoms with Gasteiger partial charge in [-0.25, -0.2) is 18.7 Å². The fraction of sp³-hybridized carbons (Fsp3) is 0.375. The summed E-state index contributed by atoms with van der Waals surface area (Å²) in [6.45, 7) is 9.51. The number of fused-ring (bicyclic) bond motifs is 2. The van der Waals surface area contributed by atoms with Gasteiger partial charge in [-0.15, -0.1) is 0 Å². The minimum Gasteiger partial charge on any atom is -0.490 e. The van der Waals surface area contributed by atoms with Crippen molar-refractivity contribution < 1.29 is 28.6 Å². The summed E-state index contributed by atoms with van der Waals surface area (Å²) in [5.74, 6) is -2.03. The number of ether oxygens (including phenoxy) is 2. The molecule has 0 bridgehead atoms. The van der Waals surface area contributed by atoms with E-state index in [0.717, 1.165) is 17.5 Å². The summed E-state index contributed by atoms with van der Waals surface area (Å²) < 4.78 is 28.6. The van der Waals surface area contributed by atoms with Gasteiger partial charge in [-0.3, -0.25) is 4.79 Å². The van der Waals surface area contributed by atoms with E-state index >= 15 is 4.39 Å². The molecule has 5 rings (SSSR count). The lowest BCUT2D eigenvalue weighted by Crippen LogP contribution is -2.29. The van der Waals surface area contributed by atoms with Crippen molar-refractivity contribution in [2.75, 3.05) is 13.2 Å². The van der Waals surface area contributed by atoms with Gasteiger partial charge >= 0.3 is 5.97 Å². The van der Waals surface area contributed by atoms with Gasteiger partial charge in [0.15, 0.2) is 29.0 Å². The highest BCUT2D eigenvalue weighted by molar-refractivity contribution is 6.31. The second-order valence-electron chi connectivity index (χ2n) is 11.6. The van der Waals surface area contributed by atoms with E-state index in [1.54, 1.807) is 33.8 Å². The predicted molar refractivity (Wildman–Crippen MR) is 160 cm³/mol. The van der Waals surface area contributed by atoms with Gasteiger partial charge in [0, 0.05) is 40.0 Å². The summed E-state index contributed by atoms with van der Waals surface area (Å²) in [6.07, 6.45) is 0.400. The van der Waals surface area contributed by atoms with Crippen LogP contribution in [0.4, 0.5) is 4.39 Å². The van der Waals surface area contributed by atoms with Crippen molar-refractivity contribution in [1.29, 1.82) is 0 Å². The summed E-state index contributed by atoms with van der Waals surface area (Å²) >= 11 is 6.25. The summed E-state index contributed by atoms with van der Waals surface area (Å²) in [4.78, 5) is 30.5. The Labute approximate surface area is 254 Å². The number of benzene rings is 2. The van der Waals surface area contributed by atoms with E-state index in [0.29, 0.717) is 59.2 Å². The second-order valence-corrected chi connectivity index (χ2v) is 12.0. The molecular formula is C32H34ClFN4O5. The fourth-order valence-corrected chi connectivity index (χ4v) is 5.64. The number of aromatic nitrogens is 3. The average molecular weight is 609 g/mol. The van der Waals surface area contributed by atoms with Crippen molar-refractivity contribution in [2.45, 2.75) is 65.6 Å². The Balaban J connectivity index is 1.65. The first kappa shape index (κ1) is 30.4. The molecular weight excluding hydrogens is 575 g/mol. The summed E-state index contributed by atoms with van der Waals surface area (Å²) in [6, 6.07) is 10.3. The van der Waals surface area contributed by atoms with E-state index in [4.69, 9.17) is 21.1 Å². The number of halogens is 2. The first-order chi connectivity index (χ1) is 20.4. The number of carbonyl (C=O) groups excluding carboxylic acids is 1. The molecule has 1 aliphatic heterocycles. The van der Waals surface area contributed by atoms with Crippen molar-refractivity contribution >= 4 is 29.1 Å². The highest BCUT2D eigenvalue weighted by Gasteiger charge is 2.35. The molecule has 11 heteroatoms. The summed E-state index contributed by atoms with van der Waals surface area (Å²) in [7, 11) is 0. The molecule has 1 atom stereocenters. The summed E-state index contributed by atoms with van der Waals surface area (Å²) in [5, 5.41) is 18.4. The third-order valence-electron chi connectivity index (χ3n) is 7.35. The molecule has 1 aliphatic rings.